The number of benzene rings is 2. The van der Waals surface area contributed by atoms with Gasteiger partial charge in [-0.25, -0.2) is 4.39 Å². The van der Waals surface area contributed by atoms with E-state index < -0.39 is 5.41 Å². The number of rotatable bonds is 5. The summed E-state index contributed by atoms with van der Waals surface area (Å²) in [6.07, 6.45) is 0.333. The van der Waals surface area contributed by atoms with E-state index in [-0.39, 0.29) is 19.0 Å². The number of aliphatic hydroxyl groups is 2. The topological polar surface area (TPSA) is 40.5 Å². The van der Waals surface area contributed by atoms with Crippen molar-refractivity contribution in [2.75, 3.05) is 13.2 Å². The van der Waals surface area contributed by atoms with E-state index in [4.69, 9.17) is 0 Å². The van der Waals surface area contributed by atoms with Gasteiger partial charge in [0, 0.05) is 14.4 Å². The lowest BCUT2D eigenvalue weighted by Crippen LogP contribution is -2.37. The number of halogens is 3. The summed E-state index contributed by atoms with van der Waals surface area (Å²) in [4.78, 5) is 0. The smallest absolute Gasteiger partial charge is 0.123 e. The summed E-state index contributed by atoms with van der Waals surface area (Å²) in [5, 5.41) is 19.7. The van der Waals surface area contributed by atoms with E-state index in [0.717, 1.165) is 14.5 Å². The Morgan fingerprint density at radius 3 is 2.14 bits per heavy atom. The van der Waals surface area contributed by atoms with Crippen LogP contribution in [0.25, 0.3) is 0 Å². The molecular weight excluding hydrogens is 403 g/mol. The van der Waals surface area contributed by atoms with Gasteiger partial charge in [0.25, 0.3) is 0 Å². The SMILES string of the molecule is OCC(CO)(Cc1cc(F)ccc1Br)c1ccc(Br)cc1. The lowest BCUT2D eigenvalue weighted by Gasteiger charge is -2.31. The average molecular weight is 418 g/mol. The van der Waals surface area contributed by atoms with Gasteiger partial charge in [-0.15, -0.1) is 0 Å². The molecule has 0 saturated heterocycles. The van der Waals surface area contributed by atoms with E-state index in [1.54, 1.807) is 6.07 Å². The second kappa shape index (κ2) is 7.01. The minimum Gasteiger partial charge on any atom is -0.395 e. The minimum atomic E-state index is -0.850. The fourth-order valence-corrected chi connectivity index (χ4v) is 2.94. The van der Waals surface area contributed by atoms with E-state index in [1.807, 2.05) is 24.3 Å². The van der Waals surface area contributed by atoms with Crippen LogP contribution in [0.4, 0.5) is 4.39 Å². The maximum absolute atomic E-state index is 13.4. The van der Waals surface area contributed by atoms with Crippen LogP contribution in [0.2, 0.25) is 0 Å². The molecule has 2 N–H and O–H groups in total. The third-order valence-electron chi connectivity index (χ3n) is 3.60. The normalized spacial score (nSPS) is 11.7. The third kappa shape index (κ3) is 3.72. The summed E-state index contributed by atoms with van der Waals surface area (Å²) in [5.41, 5.74) is 0.671. The number of hydrogen-bond donors (Lipinski definition) is 2. The molecule has 0 saturated carbocycles. The Bertz CT molecular complexity index is 610. The van der Waals surface area contributed by atoms with Crippen LogP contribution in [0.1, 0.15) is 11.1 Å². The highest BCUT2D eigenvalue weighted by molar-refractivity contribution is 9.10. The zero-order valence-electron chi connectivity index (χ0n) is 11.2. The van der Waals surface area contributed by atoms with Crippen LogP contribution in [0.3, 0.4) is 0 Å². The molecule has 0 bridgehead atoms. The van der Waals surface area contributed by atoms with Crippen molar-refractivity contribution in [3.8, 4) is 0 Å². The zero-order valence-corrected chi connectivity index (χ0v) is 14.4. The molecule has 0 aliphatic heterocycles. The molecule has 21 heavy (non-hydrogen) atoms. The summed E-state index contributed by atoms with van der Waals surface area (Å²) in [6, 6.07) is 11.8. The van der Waals surface area contributed by atoms with Gasteiger partial charge in [-0.3, -0.25) is 0 Å². The van der Waals surface area contributed by atoms with E-state index >= 15 is 0 Å². The Labute approximate surface area is 139 Å². The van der Waals surface area contributed by atoms with Crippen LogP contribution in [0, 0.1) is 5.82 Å². The Morgan fingerprint density at radius 1 is 0.952 bits per heavy atom. The third-order valence-corrected chi connectivity index (χ3v) is 4.90. The Hall–Kier alpha value is -0.750. The second-order valence-corrected chi connectivity index (χ2v) is 6.79. The molecule has 0 radical (unpaired) electrons. The van der Waals surface area contributed by atoms with Gasteiger partial charge in [0.05, 0.1) is 13.2 Å². The molecule has 2 aromatic rings. The number of aliphatic hydroxyl groups excluding tert-OH is 2. The summed E-state index contributed by atoms with van der Waals surface area (Å²) in [5.74, 6) is -0.339. The minimum absolute atomic E-state index is 0.228. The van der Waals surface area contributed by atoms with Crippen LogP contribution in [0.15, 0.2) is 51.4 Å². The van der Waals surface area contributed by atoms with Gasteiger partial charge in [0.2, 0.25) is 0 Å². The second-order valence-electron chi connectivity index (χ2n) is 5.02. The van der Waals surface area contributed by atoms with Gasteiger partial charge in [-0.2, -0.15) is 0 Å². The first kappa shape index (κ1) is 16.6. The summed E-state index contributed by atoms with van der Waals surface area (Å²) in [7, 11) is 0. The van der Waals surface area contributed by atoms with E-state index in [2.05, 4.69) is 31.9 Å². The van der Waals surface area contributed by atoms with Gasteiger partial charge in [-0.05, 0) is 47.9 Å². The van der Waals surface area contributed by atoms with Gasteiger partial charge in [0.1, 0.15) is 5.82 Å². The summed E-state index contributed by atoms with van der Waals surface area (Å²) < 4.78 is 15.1. The molecule has 0 aromatic heterocycles. The molecule has 0 aliphatic rings. The van der Waals surface area contributed by atoms with Crippen LogP contribution < -0.4 is 0 Å². The molecule has 2 nitrogen and oxygen atoms in total. The van der Waals surface area contributed by atoms with Crippen molar-refractivity contribution in [3.63, 3.8) is 0 Å². The van der Waals surface area contributed by atoms with Crippen molar-refractivity contribution >= 4 is 31.9 Å². The molecule has 0 heterocycles. The largest absolute Gasteiger partial charge is 0.395 e. The fraction of sp³-hybridized carbons (Fsp3) is 0.250. The Kier molecular flexibility index (Phi) is 5.54. The highest BCUT2D eigenvalue weighted by atomic mass is 79.9. The molecule has 2 rings (SSSR count). The highest BCUT2D eigenvalue weighted by Crippen LogP contribution is 2.32. The van der Waals surface area contributed by atoms with Gasteiger partial charge >= 0.3 is 0 Å². The Balaban J connectivity index is 2.42. The van der Waals surface area contributed by atoms with Crippen LogP contribution in [-0.4, -0.2) is 23.4 Å². The molecule has 0 unspecified atom stereocenters. The van der Waals surface area contributed by atoms with Crippen molar-refractivity contribution in [1.82, 2.24) is 0 Å². The number of hydrogen-bond acceptors (Lipinski definition) is 2. The summed E-state index contributed by atoms with van der Waals surface area (Å²) >= 11 is 6.75. The van der Waals surface area contributed by atoms with Crippen LogP contribution in [-0.2, 0) is 11.8 Å². The van der Waals surface area contributed by atoms with Crippen molar-refractivity contribution in [2.45, 2.75) is 11.8 Å². The van der Waals surface area contributed by atoms with E-state index in [1.165, 1.54) is 12.1 Å². The van der Waals surface area contributed by atoms with E-state index in [9.17, 15) is 14.6 Å². The van der Waals surface area contributed by atoms with Crippen LogP contribution in [0.5, 0.6) is 0 Å². The van der Waals surface area contributed by atoms with Crippen molar-refractivity contribution in [2.24, 2.45) is 0 Å². The lowest BCUT2D eigenvalue weighted by molar-refractivity contribution is 0.116. The fourth-order valence-electron chi connectivity index (χ4n) is 2.29. The first-order valence-corrected chi connectivity index (χ1v) is 8.01. The van der Waals surface area contributed by atoms with Crippen molar-refractivity contribution in [3.05, 3.63) is 68.4 Å². The van der Waals surface area contributed by atoms with Crippen molar-refractivity contribution < 1.29 is 14.6 Å². The first-order valence-electron chi connectivity index (χ1n) is 6.42. The van der Waals surface area contributed by atoms with E-state index in [0.29, 0.717) is 12.0 Å². The molecule has 0 atom stereocenters. The highest BCUT2D eigenvalue weighted by Gasteiger charge is 2.32. The molecule has 0 spiro atoms. The molecule has 0 aliphatic carbocycles. The average Bonchev–Trinajstić information content (AvgIpc) is 2.49. The van der Waals surface area contributed by atoms with Gasteiger partial charge < -0.3 is 10.2 Å². The standard InChI is InChI=1S/C16H15Br2FO2/c17-13-3-1-12(2-4-13)16(9-20,10-21)8-11-7-14(19)5-6-15(11)18/h1-7,20-21H,8-10H2. The van der Waals surface area contributed by atoms with Gasteiger partial charge in [0.15, 0.2) is 0 Å². The van der Waals surface area contributed by atoms with Crippen LogP contribution >= 0.6 is 31.9 Å². The molecule has 0 amide bonds. The molecule has 0 fully saturated rings. The summed E-state index contributed by atoms with van der Waals surface area (Å²) in [6.45, 7) is -0.456. The monoisotopic (exact) mass is 416 g/mol. The predicted octanol–water partition coefficient (Wildman–Crippen LogP) is 3.82. The zero-order chi connectivity index (χ0) is 15.5. The Morgan fingerprint density at radius 2 is 1.57 bits per heavy atom. The quantitative estimate of drug-likeness (QED) is 0.776. The lowest BCUT2D eigenvalue weighted by atomic mass is 9.77. The maximum atomic E-state index is 13.4. The van der Waals surface area contributed by atoms with Crippen molar-refractivity contribution in [1.29, 1.82) is 0 Å². The first-order chi connectivity index (χ1) is 10.0. The molecule has 5 heteroatoms. The maximum Gasteiger partial charge on any atom is 0.123 e. The predicted molar refractivity (Wildman–Crippen MR) is 87.8 cm³/mol. The molecule has 2 aromatic carbocycles. The molecular formula is C16H15Br2FO2. The van der Waals surface area contributed by atoms with Gasteiger partial charge in [-0.1, -0.05) is 44.0 Å². The molecule has 112 valence electrons.